The molecule has 1 aliphatic carbocycles. The molecule has 0 saturated carbocycles. The molecule has 4 nitrogen and oxygen atoms in total. The number of aromatic nitrogens is 2. The number of likely N-dealkylation sites (tertiary alicyclic amines) is 1. The molecule has 0 radical (unpaired) electrons. The highest BCUT2D eigenvalue weighted by molar-refractivity contribution is 5.83. The predicted octanol–water partition coefficient (Wildman–Crippen LogP) is 7.34. The topological polar surface area (TPSA) is 57.9 Å². The fraction of sp³-hybridized carbons (Fsp3) is 0.281. The molecule has 0 bridgehead atoms. The average Bonchev–Trinajstić information content (AvgIpc) is 3.64. The second-order valence-corrected chi connectivity index (χ2v) is 9.93. The van der Waals surface area contributed by atoms with E-state index in [0.29, 0.717) is 41.3 Å². The largest absolute Gasteiger partial charge is 0.398 e. The Morgan fingerprint density at radius 3 is 2.69 bits per heavy atom. The fourth-order valence-corrected chi connectivity index (χ4v) is 5.05. The molecule has 2 aliphatic rings. The Kier molecular flexibility index (Phi) is 8.60. The predicted molar refractivity (Wildman–Crippen MR) is 155 cm³/mol. The summed E-state index contributed by atoms with van der Waals surface area (Å²) in [5, 5.41) is 0. The van der Waals surface area contributed by atoms with Gasteiger partial charge in [-0.1, -0.05) is 61.8 Å². The van der Waals surface area contributed by atoms with Crippen molar-refractivity contribution in [1.29, 1.82) is 0 Å². The van der Waals surface area contributed by atoms with Crippen LogP contribution in [0, 0.1) is 12.7 Å². The van der Waals surface area contributed by atoms with E-state index in [2.05, 4.69) is 36.4 Å². The SMILES string of the molecule is C=C/C=C(/C1=CCC=C1)c1nc(Cc2c(N)ccc(C(/C=C(\C=C)CN3CCC(F)(F)C3)=C/C)c2F)[nH]c1C. The number of imidazole rings is 1. The molecule has 1 aromatic heterocycles. The fourth-order valence-electron chi connectivity index (χ4n) is 5.05. The highest BCUT2D eigenvalue weighted by atomic mass is 19.3. The van der Waals surface area contributed by atoms with Crippen LogP contribution >= 0.6 is 0 Å². The number of aromatic amines is 1. The normalized spacial score (nSPS) is 18.1. The summed E-state index contributed by atoms with van der Waals surface area (Å²) in [5.74, 6) is -2.51. The molecule has 2 heterocycles. The highest BCUT2D eigenvalue weighted by Gasteiger charge is 2.38. The van der Waals surface area contributed by atoms with E-state index in [1.165, 1.54) is 0 Å². The molecular weight excluding hydrogens is 497 g/mol. The van der Waals surface area contributed by atoms with Gasteiger partial charge in [0.2, 0.25) is 0 Å². The number of halogens is 3. The molecule has 0 atom stereocenters. The molecule has 1 aliphatic heterocycles. The molecule has 7 heteroatoms. The Morgan fingerprint density at radius 2 is 2.08 bits per heavy atom. The van der Waals surface area contributed by atoms with Crippen molar-refractivity contribution in [3.8, 4) is 0 Å². The van der Waals surface area contributed by atoms with Gasteiger partial charge in [-0.05, 0) is 49.1 Å². The Hall–Kier alpha value is -3.84. The second kappa shape index (κ2) is 11.9. The van der Waals surface area contributed by atoms with Gasteiger partial charge in [-0.2, -0.15) is 0 Å². The summed E-state index contributed by atoms with van der Waals surface area (Å²) in [6.07, 6.45) is 16.1. The van der Waals surface area contributed by atoms with E-state index in [4.69, 9.17) is 10.7 Å². The van der Waals surface area contributed by atoms with Crippen LogP contribution in [0.4, 0.5) is 18.9 Å². The van der Waals surface area contributed by atoms with Crippen molar-refractivity contribution in [2.45, 2.75) is 39.0 Å². The van der Waals surface area contributed by atoms with Crippen molar-refractivity contribution in [2.75, 3.05) is 25.4 Å². The number of anilines is 1. The Bertz CT molecular complexity index is 1420. The van der Waals surface area contributed by atoms with E-state index in [1.807, 2.05) is 19.9 Å². The standard InChI is InChI=1S/C32H35F3N4/c1-5-10-26(24-11-8-9-12-24)31-21(4)37-29(38-31)18-27-28(36)14-13-25(30(27)33)23(7-3)17-22(6-2)19-39-16-15-32(34,35)20-39/h5-8,10-14,17H,1-2,9,15-16,18-20,36H2,3-4H3,(H,37,38)/b22-17+,23-7+,26-10-. The van der Waals surface area contributed by atoms with E-state index in [-0.39, 0.29) is 19.4 Å². The minimum Gasteiger partial charge on any atom is -0.398 e. The van der Waals surface area contributed by atoms with Gasteiger partial charge in [0.15, 0.2) is 0 Å². The van der Waals surface area contributed by atoms with Gasteiger partial charge in [-0.25, -0.2) is 18.2 Å². The van der Waals surface area contributed by atoms with Crippen LogP contribution in [0.25, 0.3) is 11.1 Å². The van der Waals surface area contributed by atoms with Crippen LogP contribution in [0.1, 0.15) is 48.1 Å². The van der Waals surface area contributed by atoms with Gasteiger partial charge >= 0.3 is 0 Å². The third kappa shape index (κ3) is 6.42. The lowest BCUT2D eigenvalue weighted by atomic mass is 9.97. The van der Waals surface area contributed by atoms with Gasteiger partial charge in [0.05, 0.1) is 12.2 Å². The summed E-state index contributed by atoms with van der Waals surface area (Å²) < 4.78 is 43.3. The Morgan fingerprint density at radius 1 is 1.28 bits per heavy atom. The molecule has 2 aromatic rings. The van der Waals surface area contributed by atoms with Crippen LogP contribution in [0.2, 0.25) is 0 Å². The third-order valence-electron chi connectivity index (χ3n) is 7.06. The van der Waals surface area contributed by atoms with Gasteiger partial charge < -0.3 is 10.7 Å². The van der Waals surface area contributed by atoms with Crippen molar-refractivity contribution in [3.63, 3.8) is 0 Å². The Balaban J connectivity index is 1.62. The summed E-state index contributed by atoms with van der Waals surface area (Å²) in [7, 11) is 0. The summed E-state index contributed by atoms with van der Waals surface area (Å²) in [6.45, 7) is 11.8. The van der Waals surface area contributed by atoms with Gasteiger partial charge in [0.1, 0.15) is 11.6 Å². The number of allylic oxidation sites excluding steroid dienone is 10. The lowest BCUT2D eigenvalue weighted by Gasteiger charge is -2.17. The van der Waals surface area contributed by atoms with Crippen LogP contribution in [-0.4, -0.2) is 40.4 Å². The zero-order valence-corrected chi connectivity index (χ0v) is 22.5. The van der Waals surface area contributed by atoms with Crippen molar-refractivity contribution < 1.29 is 13.2 Å². The first kappa shape index (κ1) is 28.2. The molecule has 3 N–H and O–H groups in total. The molecule has 0 unspecified atom stereocenters. The van der Waals surface area contributed by atoms with Gasteiger partial charge in [-0.15, -0.1) is 0 Å². The molecule has 1 saturated heterocycles. The molecular formula is C32H35F3N4. The summed E-state index contributed by atoms with van der Waals surface area (Å²) in [6, 6.07) is 3.33. The van der Waals surface area contributed by atoms with Crippen molar-refractivity contribution in [2.24, 2.45) is 0 Å². The number of H-pyrrole nitrogens is 1. The number of alkyl halides is 2. The van der Waals surface area contributed by atoms with Crippen molar-refractivity contribution in [1.82, 2.24) is 14.9 Å². The summed E-state index contributed by atoms with van der Waals surface area (Å²) in [4.78, 5) is 9.79. The van der Waals surface area contributed by atoms with Crippen LogP contribution in [0.5, 0.6) is 0 Å². The number of rotatable bonds is 10. The van der Waals surface area contributed by atoms with Crippen LogP contribution in [-0.2, 0) is 6.42 Å². The maximum atomic E-state index is 16.0. The number of aryl methyl sites for hydroxylation is 1. The number of hydrogen-bond acceptors (Lipinski definition) is 3. The maximum absolute atomic E-state index is 16.0. The smallest absolute Gasteiger partial charge is 0.261 e. The zero-order valence-electron chi connectivity index (χ0n) is 22.5. The number of nitrogens with zero attached hydrogens (tertiary/aromatic N) is 2. The Labute approximate surface area is 228 Å². The number of nitrogens with one attached hydrogen (secondary N) is 1. The molecule has 0 amide bonds. The number of nitrogens with two attached hydrogens (primary N) is 1. The quantitative estimate of drug-likeness (QED) is 0.249. The number of benzene rings is 1. The minimum absolute atomic E-state index is 0.156. The lowest BCUT2D eigenvalue weighted by Crippen LogP contribution is -2.26. The first-order valence-corrected chi connectivity index (χ1v) is 13.1. The van der Waals surface area contributed by atoms with Crippen LogP contribution in [0.15, 0.2) is 85.0 Å². The molecule has 4 rings (SSSR count). The van der Waals surface area contributed by atoms with E-state index < -0.39 is 11.7 Å². The molecule has 39 heavy (non-hydrogen) atoms. The van der Waals surface area contributed by atoms with Gasteiger partial charge in [0, 0.05) is 54.0 Å². The lowest BCUT2D eigenvalue weighted by molar-refractivity contribution is 0.0131. The molecule has 1 aromatic carbocycles. The van der Waals surface area contributed by atoms with Crippen LogP contribution in [0.3, 0.4) is 0 Å². The molecule has 1 fully saturated rings. The third-order valence-corrected chi connectivity index (χ3v) is 7.06. The van der Waals surface area contributed by atoms with Gasteiger partial charge in [0.25, 0.3) is 5.92 Å². The van der Waals surface area contributed by atoms with Crippen molar-refractivity contribution >= 4 is 16.8 Å². The summed E-state index contributed by atoms with van der Waals surface area (Å²) in [5.41, 5.74) is 12.3. The van der Waals surface area contributed by atoms with Crippen LogP contribution < -0.4 is 5.73 Å². The molecule has 0 spiro atoms. The van der Waals surface area contributed by atoms with E-state index in [0.717, 1.165) is 34.5 Å². The van der Waals surface area contributed by atoms with E-state index in [9.17, 15) is 8.78 Å². The maximum Gasteiger partial charge on any atom is 0.261 e. The van der Waals surface area contributed by atoms with E-state index >= 15 is 4.39 Å². The average molecular weight is 533 g/mol. The first-order chi connectivity index (χ1) is 18.7. The zero-order chi connectivity index (χ0) is 28.2. The summed E-state index contributed by atoms with van der Waals surface area (Å²) >= 11 is 0. The van der Waals surface area contributed by atoms with Gasteiger partial charge in [-0.3, -0.25) is 4.90 Å². The molecule has 204 valence electrons. The second-order valence-electron chi connectivity index (χ2n) is 9.93. The monoisotopic (exact) mass is 532 g/mol. The number of hydrogen-bond donors (Lipinski definition) is 2. The van der Waals surface area contributed by atoms with E-state index in [1.54, 1.807) is 41.3 Å². The first-order valence-electron chi connectivity index (χ1n) is 13.1. The van der Waals surface area contributed by atoms with Crippen molar-refractivity contribution in [3.05, 3.63) is 119 Å². The minimum atomic E-state index is -2.68. The number of nitrogen functional groups attached to an aromatic ring is 1. The highest BCUT2D eigenvalue weighted by Crippen LogP contribution is 2.32.